The van der Waals surface area contributed by atoms with E-state index in [9.17, 15) is 4.79 Å². The van der Waals surface area contributed by atoms with E-state index in [0.717, 1.165) is 17.8 Å². The average Bonchev–Trinajstić information content (AvgIpc) is 2.71. The third-order valence-electron chi connectivity index (χ3n) is 3.48. The molecule has 0 radical (unpaired) electrons. The number of hydrogen-bond donors (Lipinski definition) is 1. The Morgan fingerprint density at radius 3 is 2.83 bits per heavy atom. The lowest BCUT2D eigenvalue weighted by Gasteiger charge is -2.22. The highest BCUT2D eigenvalue weighted by Gasteiger charge is 2.22. The van der Waals surface area contributed by atoms with Crippen LogP contribution in [0.2, 0.25) is 0 Å². The second-order valence-corrected chi connectivity index (χ2v) is 6.03. The summed E-state index contributed by atoms with van der Waals surface area (Å²) in [6, 6.07) is -0.411. The number of hydrogen-bond acceptors (Lipinski definition) is 4. The molecule has 0 aromatic carbocycles. The molecule has 2 rings (SSSR count). The van der Waals surface area contributed by atoms with Crippen molar-refractivity contribution >= 4 is 17.3 Å². The Hall–Kier alpha value is -0.940. The molecule has 0 aliphatic heterocycles. The van der Waals surface area contributed by atoms with E-state index < -0.39 is 12.0 Å². The summed E-state index contributed by atoms with van der Waals surface area (Å²) in [7, 11) is 1.86. The molecule has 1 aromatic rings. The summed E-state index contributed by atoms with van der Waals surface area (Å²) in [6.45, 7) is 2.55. The molecule has 0 spiro atoms. The van der Waals surface area contributed by atoms with Crippen LogP contribution in [-0.2, 0) is 24.2 Å². The number of carboxylic acids is 1. The minimum atomic E-state index is -0.749. The van der Waals surface area contributed by atoms with Crippen molar-refractivity contribution in [3.8, 4) is 0 Å². The lowest BCUT2D eigenvalue weighted by atomic mass is 10.0. The number of fused-ring (bicyclic) bond motifs is 1. The molecule has 1 N–H and O–H groups in total. The van der Waals surface area contributed by atoms with Crippen LogP contribution < -0.4 is 0 Å². The summed E-state index contributed by atoms with van der Waals surface area (Å²) in [4.78, 5) is 19.0. The molecule has 0 fully saturated rings. The SMILES string of the molecule is CC[C@H](C(=O)O)N(C)Cc1nc2c(s1)CCCC2. The summed E-state index contributed by atoms with van der Waals surface area (Å²) in [6.07, 6.45) is 5.35. The van der Waals surface area contributed by atoms with E-state index >= 15 is 0 Å². The van der Waals surface area contributed by atoms with Crippen LogP contribution in [0.1, 0.15) is 41.8 Å². The number of aryl methyl sites for hydroxylation is 2. The van der Waals surface area contributed by atoms with Crippen LogP contribution in [0.25, 0.3) is 0 Å². The van der Waals surface area contributed by atoms with Crippen LogP contribution in [0.5, 0.6) is 0 Å². The van der Waals surface area contributed by atoms with Crippen LogP contribution >= 0.6 is 11.3 Å². The fourth-order valence-electron chi connectivity index (χ4n) is 2.47. The number of rotatable bonds is 5. The molecule has 100 valence electrons. The molecule has 4 nitrogen and oxygen atoms in total. The largest absolute Gasteiger partial charge is 0.480 e. The molecule has 0 bridgehead atoms. The standard InChI is InChI=1S/C13H20N2O2S/c1-3-10(13(16)17)15(2)8-12-14-9-6-4-5-7-11(9)18-12/h10H,3-8H2,1-2H3,(H,16,17)/t10-/m1/s1. The lowest BCUT2D eigenvalue weighted by Crippen LogP contribution is -2.37. The summed E-state index contributed by atoms with van der Waals surface area (Å²) >= 11 is 1.76. The van der Waals surface area contributed by atoms with E-state index in [2.05, 4.69) is 4.98 Å². The molecular weight excluding hydrogens is 248 g/mol. The van der Waals surface area contributed by atoms with Gasteiger partial charge in [-0.3, -0.25) is 9.69 Å². The number of thiazole rings is 1. The van der Waals surface area contributed by atoms with Crippen molar-refractivity contribution in [3.05, 3.63) is 15.6 Å². The van der Waals surface area contributed by atoms with E-state index in [1.165, 1.54) is 23.4 Å². The summed E-state index contributed by atoms with van der Waals surface area (Å²) in [5, 5.41) is 10.2. The smallest absolute Gasteiger partial charge is 0.320 e. The fraction of sp³-hybridized carbons (Fsp3) is 0.692. The van der Waals surface area contributed by atoms with Crippen molar-refractivity contribution < 1.29 is 9.90 Å². The first-order valence-electron chi connectivity index (χ1n) is 6.52. The average molecular weight is 268 g/mol. The maximum absolute atomic E-state index is 11.1. The summed E-state index contributed by atoms with van der Waals surface area (Å²) in [5.41, 5.74) is 1.25. The number of carboxylic acid groups (broad SMARTS) is 1. The summed E-state index contributed by atoms with van der Waals surface area (Å²) in [5.74, 6) is -0.749. The monoisotopic (exact) mass is 268 g/mol. The molecule has 1 heterocycles. The van der Waals surface area contributed by atoms with E-state index in [4.69, 9.17) is 5.11 Å². The Morgan fingerprint density at radius 1 is 1.50 bits per heavy atom. The van der Waals surface area contributed by atoms with Gasteiger partial charge in [-0.15, -0.1) is 11.3 Å². The van der Waals surface area contributed by atoms with Gasteiger partial charge in [0.2, 0.25) is 0 Å². The zero-order chi connectivity index (χ0) is 13.1. The first kappa shape index (κ1) is 13.5. The Kier molecular flexibility index (Phi) is 4.35. The Balaban J connectivity index is 2.04. The summed E-state index contributed by atoms with van der Waals surface area (Å²) < 4.78 is 0. The Bertz CT molecular complexity index is 407. The van der Waals surface area contributed by atoms with Crippen LogP contribution in [0.3, 0.4) is 0 Å². The van der Waals surface area contributed by atoms with Gasteiger partial charge in [-0.25, -0.2) is 4.98 Å². The van der Waals surface area contributed by atoms with Crippen molar-refractivity contribution in [3.63, 3.8) is 0 Å². The van der Waals surface area contributed by atoms with E-state index in [1.807, 2.05) is 18.9 Å². The van der Waals surface area contributed by atoms with E-state index in [1.54, 1.807) is 11.3 Å². The fourth-order valence-corrected chi connectivity index (χ4v) is 3.69. The number of likely N-dealkylation sites (N-methyl/N-ethyl adjacent to an activating group) is 1. The molecule has 1 atom stereocenters. The second kappa shape index (κ2) is 5.80. The van der Waals surface area contributed by atoms with E-state index in [0.29, 0.717) is 13.0 Å². The molecule has 1 aliphatic carbocycles. The first-order chi connectivity index (χ1) is 8.61. The molecule has 5 heteroatoms. The third kappa shape index (κ3) is 2.90. The highest BCUT2D eigenvalue weighted by atomic mass is 32.1. The second-order valence-electron chi connectivity index (χ2n) is 4.86. The number of nitrogens with zero attached hydrogens (tertiary/aromatic N) is 2. The van der Waals surface area contributed by atoms with Crippen LogP contribution in [-0.4, -0.2) is 34.0 Å². The Labute approximate surface area is 112 Å². The highest BCUT2D eigenvalue weighted by molar-refractivity contribution is 7.11. The van der Waals surface area contributed by atoms with Crippen molar-refractivity contribution in [1.29, 1.82) is 0 Å². The zero-order valence-corrected chi connectivity index (χ0v) is 11.8. The number of aliphatic carboxylic acids is 1. The molecule has 18 heavy (non-hydrogen) atoms. The maximum Gasteiger partial charge on any atom is 0.320 e. The third-order valence-corrected chi connectivity index (χ3v) is 4.62. The first-order valence-corrected chi connectivity index (χ1v) is 7.34. The van der Waals surface area contributed by atoms with Gasteiger partial charge in [0.15, 0.2) is 0 Å². The molecule has 0 amide bonds. The van der Waals surface area contributed by atoms with Crippen molar-refractivity contribution in [2.45, 2.75) is 51.6 Å². The van der Waals surface area contributed by atoms with Gasteiger partial charge in [0, 0.05) is 4.88 Å². The molecule has 1 aromatic heterocycles. The van der Waals surface area contributed by atoms with Crippen LogP contribution in [0, 0.1) is 0 Å². The minimum absolute atomic E-state index is 0.411. The number of aromatic nitrogens is 1. The van der Waals surface area contributed by atoms with Gasteiger partial charge < -0.3 is 5.11 Å². The predicted molar refractivity (Wildman–Crippen MR) is 71.9 cm³/mol. The van der Waals surface area contributed by atoms with Gasteiger partial charge in [0.05, 0.1) is 12.2 Å². The zero-order valence-electron chi connectivity index (χ0n) is 11.0. The van der Waals surface area contributed by atoms with Crippen LogP contribution in [0.15, 0.2) is 0 Å². The van der Waals surface area contributed by atoms with Crippen molar-refractivity contribution in [1.82, 2.24) is 9.88 Å². The van der Waals surface area contributed by atoms with Crippen molar-refractivity contribution in [2.24, 2.45) is 0 Å². The van der Waals surface area contributed by atoms with Gasteiger partial charge in [-0.05, 0) is 39.2 Å². The van der Waals surface area contributed by atoms with Gasteiger partial charge in [0.25, 0.3) is 0 Å². The number of carbonyl (C=O) groups is 1. The highest BCUT2D eigenvalue weighted by Crippen LogP contribution is 2.27. The molecule has 0 saturated heterocycles. The topological polar surface area (TPSA) is 53.4 Å². The van der Waals surface area contributed by atoms with Gasteiger partial charge in [-0.2, -0.15) is 0 Å². The van der Waals surface area contributed by atoms with Gasteiger partial charge in [-0.1, -0.05) is 6.92 Å². The van der Waals surface area contributed by atoms with Gasteiger partial charge in [0.1, 0.15) is 11.0 Å². The quantitative estimate of drug-likeness (QED) is 0.890. The normalized spacial score (nSPS) is 16.6. The van der Waals surface area contributed by atoms with Gasteiger partial charge >= 0.3 is 5.97 Å². The Morgan fingerprint density at radius 2 is 2.22 bits per heavy atom. The molecular formula is C13H20N2O2S. The molecule has 0 saturated carbocycles. The van der Waals surface area contributed by atoms with Crippen LogP contribution in [0.4, 0.5) is 0 Å². The van der Waals surface area contributed by atoms with E-state index in [-0.39, 0.29) is 0 Å². The molecule has 1 aliphatic rings. The van der Waals surface area contributed by atoms with Crippen molar-refractivity contribution in [2.75, 3.05) is 7.05 Å². The predicted octanol–water partition coefficient (Wildman–Crippen LogP) is 2.32. The minimum Gasteiger partial charge on any atom is -0.480 e. The lowest BCUT2D eigenvalue weighted by molar-refractivity contribution is -0.143. The molecule has 0 unspecified atom stereocenters. The maximum atomic E-state index is 11.1.